The van der Waals surface area contributed by atoms with E-state index in [2.05, 4.69) is 10.3 Å². The quantitative estimate of drug-likeness (QED) is 0.421. The van der Waals surface area contributed by atoms with E-state index in [1.54, 1.807) is 30.3 Å². The number of carbonyl (C=O) groups excluding carboxylic acids is 1. The van der Waals surface area contributed by atoms with E-state index < -0.39 is 0 Å². The fourth-order valence-corrected chi connectivity index (χ4v) is 4.06. The Balaban J connectivity index is 1.59. The second kappa shape index (κ2) is 8.28. The van der Waals surface area contributed by atoms with Crippen LogP contribution in [0.25, 0.3) is 17.4 Å². The van der Waals surface area contributed by atoms with E-state index in [-0.39, 0.29) is 5.91 Å². The fourth-order valence-electron chi connectivity index (χ4n) is 2.73. The molecule has 29 heavy (non-hydrogen) atoms. The molecule has 0 aliphatic carbocycles. The van der Waals surface area contributed by atoms with E-state index in [0.717, 1.165) is 11.1 Å². The van der Waals surface area contributed by atoms with Crippen LogP contribution in [0.5, 0.6) is 0 Å². The smallest absolute Gasteiger partial charge is 0.264 e. The van der Waals surface area contributed by atoms with Crippen LogP contribution in [0, 0.1) is 6.92 Å². The van der Waals surface area contributed by atoms with E-state index in [1.165, 1.54) is 11.8 Å². The molecule has 4 nitrogen and oxygen atoms in total. The zero-order valence-electron chi connectivity index (χ0n) is 15.0. The molecule has 3 aromatic rings. The van der Waals surface area contributed by atoms with Crippen LogP contribution in [-0.2, 0) is 4.79 Å². The molecule has 0 unspecified atom stereocenters. The molecule has 4 rings (SSSR count). The van der Waals surface area contributed by atoms with Gasteiger partial charge in [-0.2, -0.15) is 0 Å². The van der Waals surface area contributed by atoms with Crippen molar-refractivity contribution in [2.24, 2.45) is 4.99 Å². The van der Waals surface area contributed by atoms with Gasteiger partial charge in [0, 0.05) is 16.7 Å². The summed E-state index contributed by atoms with van der Waals surface area (Å²) in [6.07, 6.45) is 1.67. The summed E-state index contributed by atoms with van der Waals surface area (Å²) in [7, 11) is 0. The number of aliphatic imine (C=N–C) groups is 1. The summed E-state index contributed by atoms with van der Waals surface area (Å²) >= 11 is 19.5. The topological polar surface area (TPSA) is 54.6 Å². The molecule has 0 radical (unpaired) electrons. The molecule has 0 spiro atoms. The molecule has 1 aliphatic rings. The van der Waals surface area contributed by atoms with Gasteiger partial charge in [-0.15, -0.1) is 0 Å². The van der Waals surface area contributed by atoms with Crippen molar-refractivity contribution in [1.82, 2.24) is 5.32 Å². The van der Waals surface area contributed by atoms with Gasteiger partial charge < -0.3 is 9.73 Å². The zero-order valence-corrected chi connectivity index (χ0v) is 18.1. The second-order valence-electron chi connectivity index (χ2n) is 6.22. The second-order valence-corrected chi connectivity index (χ2v) is 8.47. The van der Waals surface area contributed by atoms with Crippen molar-refractivity contribution >= 4 is 69.4 Å². The highest BCUT2D eigenvalue weighted by molar-refractivity contribution is 8.18. The SMILES string of the molecule is Cc1ccc(Cl)cc1-c1ccc(/C=C2/SC(=Nc3cccc(Cl)c3Cl)NC2=O)o1. The van der Waals surface area contributed by atoms with Crippen LogP contribution >= 0.6 is 46.6 Å². The van der Waals surface area contributed by atoms with Crippen molar-refractivity contribution in [2.75, 3.05) is 0 Å². The highest BCUT2D eigenvalue weighted by atomic mass is 35.5. The van der Waals surface area contributed by atoms with Gasteiger partial charge in [-0.3, -0.25) is 4.79 Å². The number of hydrogen-bond acceptors (Lipinski definition) is 4. The zero-order chi connectivity index (χ0) is 20.5. The Bertz CT molecular complexity index is 1180. The molecule has 1 aliphatic heterocycles. The van der Waals surface area contributed by atoms with Gasteiger partial charge >= 0.3 is 0 Å². The molecule has 1 amide bonds. The number of amidine groups is 1. The average molecular weight is 464 g/mol. The summed E-state index contributed by atoms with van der Waals surface area (Å²) in [5.74, 6) is 0.975. The molecule has 2 aromatic carbocycles. The number of hydrogen-bond donors (Lipinski definition) is 1. The number of rotatable bonds is 3. The lowest BCUT2D eigenvalue weighted by Crippen LogP contribution is -2.19. The predicted octanol–water partition coefficient (Wildman–Crippen LogP) is 7.11. The number of furan rings is 1. The van der Waals surface area contributed by atoms with E-state index in [0.29, 0.717) is 42.3 Å². The molecule has 1 N–H and O–H groups in total. The maximum Gasteiger partial charge on any atom is 0.264 e. The van der Waals surface area contributed by atoms with Crippen molar-refractivity contribution in [1.29, 1.82) is 0 Å². The highest BCUT2D eigenvalue weighted by Gasteiger charge is 2.25. The number of halogens is 3. The van der Waals surface area contributed by atoms with Gasteiger partial charge in [-0.25, -0.2) is 4.99 Å². The van der Waals surface area contributed by atoms with Crippen LogP contribution in [0.4, 0.5) is 5.69 Å². The first kappa shape index (κ1) is 20.1. The minimum atomic E-state index is -0.260. The molecule has 0 saturated carbocycles. The Hall–Kier alpha value is -2.18. The van der Waals surface area contributed by atoms with Gasteiger partial charge in [0.25, 0.3) is 5.91 Å². The third-order valence-corrected chi connectivity index (χ3v) is 6.12. The molecule has 1 fully saturated rings. The van der Waals surface area contributed by atoms with Crippen LogP contribution in [0.1, 0.15) is 11.3 Å². The van der Waals surface area contributed by atoms with Crippen LogP contribution in [0.3, 0.4) is 0 Å². The molecule has 146 valence electrons. The Kier molecular flexibility index (Phi) is 5.74. The minimum Gasteiger partial charge on any atom is -0.457 e. The normalized spacial score (nSPS) is 16.6. The summed E-state index contributed by atoms with van der Waals surface area (Å²) in [6.45, 7) is 1.98. The monoisotopic (exact) mass is 462 g/mol. The number of nitrogens with one attached hydrogen (secondary N) is 1. The Morgan fingerprint density at radius 1 is 1.10 bits per heavy atom. The van der Waals surface area contributed by atoms with Crippen LogP contribution in [0.2, 0.25) is 15.1 Å². The van der Waals surface area contributed by atoms with E-state index in [9.17, 15) is 4.79 Å². The molecular formula is C21H13Cl3N2O2S. The van der Waals surface area contributed by atoms with Crippen LogP contribution in [-0.4, -0.2) is 11.1 Å². The third-order valence-electron chi connectivity index (χ3n) is 4.17. The van der Waals surface area contributed by atoms with Gasteiger partial charge in [0.05, 0.1) is 20.6 Å². The standard InChI is InChI=1S/C21H13Cl3N2O2S/c1-11-5-6-12(22)9-14(11)17-8-7-13(28-17)10-18-20(27)26-21(29-18)25-16-4-2-3-15(23)19(16)24/h2-10H,1H3,(H,25,26,27)/b18-10+. The van der Waals surface area contributed by atoms with Crippen LogP contribution in [0.15, 0.2) is 62.8 Å². The predicted molar refractivity (Wildman–Crippen MR) is 121 cm³/mol. The van der Waals surface area contributed by atoms with Crippen molar-refractivity contribution in [3.05, 3.63) is 79.8 Å². The summed E-state index contributed by atoms with van der Waals surface area (Å²) < 4.78 is 5.90. The Labute approximate surface area is 186 Å². The first-order valence-corrected chi connectivity index (χ1v) is 10.5. The molecule has 1 aromatic heterocycles. The Morgan fingerprint density at radius 3 is 2.76 bits per heavy atom. The van der Waals surface area contributed by atoms with Crippen LogP contribution < -0.4 is 5.32 Å². The molecular weight excluding hydrogens is 451 g/mol. The number of carbonyl (C=O) groups is 1. The van der Waals surface area contributed by atoms with Gasteiger partial charge in [0.1, 0.15) is 11.5 Å². The largest absolute Gasteiger partial charge is 0.457 e. The summed E-state index contributed by atoms with van der Waals surface area (Å²) in [5, 5.41) is 4.51. The van der Waals surface area contributed by atoms with Crippen molar-refractivity contribution < 1.29 is 9.21 Å². The maximum atomic E-state index is 12.3. The number of amides is 1. The minimum absolute atomic E-state index is 0.260. The molecule has 0 atom stereocenters. The molecule has 2 heterocycles. The average Bonchev–Trinajstić information content (AvgIpc) is 3.28. The van der Waals surface area contributed by atoms with E-state index in [1.807, 2.05) is 31.2 Å². The lowest BCUT2D eigenvalue weighted by atomic mass is 10.1. The summed E-state index contributed by atoms with van der Waals surface area (Å²) in [4.78, 5) is 17.2. The lowest BCUT2D eigenvalue weighted by molar-refractivity contribution is -0.115. The first-order chi connectivity index (χ1) is 13.9. The van der Waals surface area contributed by atoms with E-state index in [4.69, 9.17) is 39.2 Å². The Morgan fingerprint density at radius 2 is 1.93 bits per heavy atom. The molecule has 0 bridgehead atoms. The van der Waals surface area contributed by atoms with Gasteiger partial charge in [-0.05, 0) is 60.6 Å². The lowest BCUT2D eigenvalue weighted by Gasteiger charge is -2.02. The number of thioether (sulfide) groups is 1. The van der Waals surface area contributed by atoms with Crippen molar-refractivity contribution in [2.45, 2.75) is 6.92 Å². The number of nitrogens with zero attached hydrogens (tertiary/aromatic N) is 1. The van der Waals surface area contributed by atoms with Crippen molar-refractivity contribution in [3.63, 3.8) is 0 Å². The van der Waals surface area contributed by atoms with Gasteiger partial charge in [-0.1, -0.05) is 46.9 Å². The first-order valence-electron chi connectivity index (χ1n) is 8.50. The maximum absolute atomic E-state index is 12.3. The highest BCUT2D eigenvalue weighted by Crippen LogP contribution is 2.35. The molecule has 1 saturated heterocycles. The third kappa shape index (κ3) is 4.38. The summed E-state index contributed by atoms with van der Waals surface area (Å²) in [5.41, 5.74) is 2.44. The number of aryl methyl sites for hydroxylation is 1. The van der Waals surface area contributed by atoms with Gasteiger partial charge in [0.2, 0.25) is 0 Å². The number of benzene rings is 2. The summed E-state index contributed by atoms with van der Waals surface area (Å²) in [6, 6.07) is 14.4. The van der Waals surface area contributed by atoms with Gasteiger partial charge in [0.15, 0.2) is 5.17 Å². The molecule has 8 heteroatoms. The van der Waals surface area contributed by atoms with E-state index >= 15 is 0 Å². The fraction of sp³-hybridized carbons (Fsp3) is 0.0476. The van der Waals surface area contributed by atoms with Crippen molar-refractivity contribution in [3.8, 4) is 11.3 Å².